The maximum absolute atomic E-state index is 12.6. The number of carbonyl (C=O) groups is 1. The molecule has 2 heterocycles. The lowest BCUT2D eigenvalue weighted by Crippen LogP contribution is -2.44. The zero-order valence-corrected chi connectivity index (χ0v) is 16.9. The molecule has 146 valence electrons. The van der Waals surface area contributed by atoms with Crippen molar-refractivity contribution in [2.75, 3.05) is 13.1 Å². The van der Waals surface area contributed by atoms with Gasteiger partial charge in [-0.05, 0) is 53.5 Å². The largest absolute Gasteiger partial charge is 0.365 e. The fraction of sp³-hybridized carbons (Fsp3) is 0.400. The van der Waals surface area contributed by atoms with Gasteiger partial charge in [-0.1, -0.05) is 62.4 Å². The molecule has 0 aliphatic carbocycles. The number of ether oxygens (including phenoxy) is 1. The first-order valence-electron chi connectivity index (χ1n) is 10.4. The number of hydrogen-bond donors (Lipinski definition) is 0. The molecule has 1 saturated heterocycles. The lowest BCUT2D eigenvalue weighted by molar-refractivity contribution is -0.133. The predicted molar refractivity (Wildman–Crippen MR) is 113 cm³/mol. The van der Waals surface area contributed by atoms with Gasteiger partial charge in [0.2, 0.25) is 5.91 Å². The average Bonchev–Trinajstić information content (AvgIpc) is 3.10. The molecule has 1 unspecified atom stereocenters. The third-order valence-electron chi connectivity index (χ3n) is 6.43. The number of rotatable bonds is 4. The van der Waals surface area contributed by atoms with E-state index in [1.54, 1.807) is 6.08 Å². The number of carbonyl (C=O) groups excluding carboxylic acids is 1. The predicted octanol–water partition coefficient (Wildman–Crippen LogP) is 5.26. The van der Waals surface area contributed by atoms with Gasteiger partial charge in [-0.2, -0.15) is 0 Å². The van der Waals surface area contributed by atoms with E-state index in [-0.39, 0.29) is 11.5 Å². The van der Waals surface area contributed by atoms with E-state index >= 15 is 0 Å². The number of piperidine rings is 1. The van der Waals surface area contributed by atoms with Gasteiger partial charge < -0.3 is 9.64 Å². The van der Waals surface area contributed by atoms with Crippen molar-refractivity contribution in [3.05, 3.63) is 76.9 Å². The lowest BCUT2D eigenvalue weighted by atomic mass is 9.84. The SMILES string of the molecule is CCC(C)c1ccc(/C=C/C(=O)N2CCC3(CC2)OCc2ccccc23)cc1. The smallest absolute Gasteiger partial charge is 0.246 e. The van der Waals surface area contributed by atoms with E-state index in [4.69, 9.17) is 4.74 Å². The number of amides is 1. The maximum Gasteiger partial charge on any atom is 0.246 e. The summed E-state index contributed by atoms with van der Waals surface area (Å²) in [6, 6.07) is 17.0. The molecule has 1 fully saturated rings. The van der Waals surface area contributed by atoms with Crippen LogP contribution in [0.1, 0.15) is 61.3 Å². The van der Waals surface area contributed by atoms with E-state index in [0.717, 1.165) is 37.9 Å². The molecule has 0 bridgehead atoms. The van der Waals surface area contributed by atoms with Crippen LogP contribution in [0.2, 0.25) is 0 Å². The summed E-state index contributed by atoms with van der Waals surface area (Å²) in [6.07, 6.45) is 6.51. The highest BCUT2D eigenvalue weighted by Gasteiger charge is 2.42. The van der Waals surface area contributed by atoms with Crippen LogP contribution in [0.3, 0.4) is 0 Å². The number of likely N-dealkylation sites (tertiary alicyclic amines) is 1. The van der Waals surface area contributed by atoms with Crippen LogP contribution in [-0.4, -0.2) is 23.9 Å². The molecule has 0 radical (unpaired) electrons. The average molecular weight is 376 g/mol. The lowest BCUT2D eigenvalue weighted by Gasteiger charge is -2.39. The first-order chi connectivity index (χ1) is 13.6. The first-order valence-corrected chi connectivity index (χ1v) is 10.4. The molecule has 1 spiro atoms. The van der Waals surface area contributed by atoms with Gasteiger partial charge in [0.05, 0.1) is 12.2 Å². The second-order valence-corrected chi connectivity index (χ2v) is 8.07. The van der Waals surface area contributed by atoms with E-state index < -0.39 is 0 Å². The molecule has 4 rings (SSSR count). The van der Waals surface area contributed by atoms with E-state index in [1.165, 1.54) is 16.7 Å². The van der Waals surface area contributed by atoms with Crippen molar-refractivity contribution in [1.82, 2.24) is 4.90 Å². The van der Waals surface area contributed by atoms with Crippen LogP contribution in [0.25, 0.3) is 6.08 Å². The minimum absolute atomic E-state index is 0.0899. The fourth-order valence-electron chi connectivity index (χ4n) is 4.33. The van der Waals surface area contributed by atoms with Crippen molar-refractivity contribution in [3.8, 4) is 0 Å². The summed E-state index contributed by atoms with van der Waals surface area (Å²) in [7, 11) is 0. The summed E-state index contributed by atoms with van der Waals surface area (Å²) in [5.74, 6) is 0.662. The third-order valence-corrected chi connectivity index (χ3v) is 6.43. The van der Waals surface area contributed by atoms with E-state index in [1.807, 2.05) is 11.0 Å². The van der Waals surface area contributed by atoms with Crippen LogP contribution >= 0.6 is 0 Å². The standard InChI is InChI=1S/C25H29NO2/c1-3-19(2)21-11-8-20(9-12-21)10-13-24(27)26-16-14-25(15-17-26)23-7-5-4-6-22(23)18-28-25/h4-13,19H,3,14-18H2,1-2H3/b13-10+. The summed E-state index contributed by atoms with van der Waals surface area (Å²) in [6.45, 7) is 6.62. The van der Waals surface area contributed by atoms with E-state index in [0.29, 0.717) is 12.5 Å². The molecule has 2 aliphatic heterocycles. The summed E-state index contributed by atoms with van der Waals surface area (Å²) in [5.41, 5.74) is 4.84. The molecule has 2 aromatic rings. The summed E-state index contributed by atoms with van der Waals surface area (Å²) < 4.78 is 6.19. The van der Waals surface area contributed by atoms with Gasteiger partial charge in [-0.15, -0.1) is 0 Å². The monoisotopic (exact) mass is 375 g/mol. The molecule has 1 amide bonds. The number of nitrogens with zero attached hydrogens (tertiary/aromatic N) is 1. The molecule has 28 heavy (non-hydrogen) atoms. The van der Waals surface area contributed by atoms with Crippen molar-refractivity contribution >= 4 is 12.0 Å². The molecule has 1 atom stereocenters. The van der Waals surface area contributed by atoms with Gasteiger partial charge in [-0.25, -0.2) is 0 Å². The molecule has 2 aromatic carbocycles. The molecule has 0 N–H and O–H groups in total. The Hall–Kier alpha value is -2.39. The van der Waals surface area contributed by atoms with Crippen molar-refractivity contribution in [1.29, 1.82) is 0 Å². The van der Waals surface area contributed by atoms with Crippen LogP contribution in [0, 0.1) is 0 Å². The second kappa shape index (κ2) is 7.92. The number of hydrogen-bond acceptors (Lipinski definition) is 2. The highest BCUT2D eigenvalue weighted by Crippen LogP contribution is 2.43. The molecule has 0 aromatic heterocycles. The van der Waals surface area contributed by atoms with Crippen LogP contribution in [0.4, 0.5) is 0 Å². The zero-order chi connectivity index (χ0) is 19.6. The van der Waals surface area contributed by atoms with Crippen LogP contribution in [-0.2, 0) is 21.7 Å². The van der Waals surface area contributed by atoms with Gasteiger partial charge in [0, 0.05) is 19.2 Å². The normalized spacial score (nSPS) is 19.1. The molecular formula is C25H29NO2. The Balaban J connectivity index is 1.36. The fourth-order valence-corrected chi connectivity index (χ4v) is 4.33. The Bertz CT molecular complexity index is 860. The molecule has 3 nitrogen and oxygen atoms in total. The number of benzene rings is 2. The Labute approximate surface area is 168 Å². The van der Waals surface area contributed by atoms with Gasteiger partial charge in [0.25, 0.3) is 0 Å². The topological polar surface area (TPSA) is 29.5 Å². The van der Waals surface area contributed by atoms with Crippen LogP contribution in [0.5, 0.6) is 0 Å². The minimum atomic E-state index is -0.192. The van der Waals surface area contributed by atoms with Gasteiger partial charge in [-0.3, -0.25) is 4.79 Å². The molecule has 0 saturated carbocycles. The second-order valence-electron chi connectivity index (χ2n) is 8.07. The summed E-state index contributed by atoms with van der Waals surface area (Å²) >= 11 is 0. The number of fused-ring (bicyclic) bond motifs is 2. The van der Waals surface area contributed by atoms with Crippen molar-refractivity contribution < 1.29 is 9.53 Å². The Morgan fingerprint density at radius 3 is 2.57 bits per heavy atom. The third kappa shape index (κ3) is 3.64. The maximum atomic E-state index is 12.6. The van der Waals surface area contributed by atoms with Gasteiger partial charge >= 0.3 is 0 Å². The van der Waals surface area contributed by atoms with Crippen LogP contribution < -0.4 is 0 Å². The highest BCUT2D eigenvalue weighted by atomic mass is 16.5. The summed E-state index contributed by atoms with van der Waals surface area (Å²) in [5, 5.41) is 0. The molecule has 2 aliphatic rings. The first kappa shape index (κ1) is 18.9. The molecule has 3 heteroatoms. The Kier molecular flexibility index (Phi) is 5.36. The van der Waals surface area contributed by atoms with Gasteiger partial charge in [0.1, 0.15) is 0 Å². The van der Waals surface area contributed by atoms with E-state index in [9.17, 15) is 4.79 Å². The molecular weight excluding hydrogens is 346 g/mol. The summed E-state index contributed by atoms with van der Waals surface area (Å²) in [4.78, 5) is 14.6. The highest BCUT2D eigenvalue weighted by molar-refractivity contribution is 5.91. The Morgan fingerprint density at radius 2 is 1.86 bits per heavy atom. The van der Waals surface area contributed by atoms with Gasteiger partial charge in [0.15, 0.2) is 0 Å². The van der Waals surface area contributed by atoms with Crippen LogP contribution in [0.15, 0.2) is 54.6 Å². The minimum Gasteiger partial charge on any atom is -0.365 e. The Morgan fingerprint density at radius 1 is 1.14 bits per heavy atom. The zero-order valence-electron chi connectivity index (χ0n) is 16.9. The van der Waals surface area contributed by atoms with Crippen molar-refractivity contribution in [3.63, 3.8) is 0 Å². The van der Waals surface area contributed by atoms with Crippen molar-refractivity contribution in [2.45, 2.75) is 51.2 Å². The van der Waals surface area contributed by atoms with Crippen molar-refractivity contribution in [2.24, 2.45) is 0 Å². The quantitative estimate of drug-likeness (QED) is 0.682. The van der Waals surface area contributed by atoms with E-state index in [2.05, 4.69) is 62.4 Å².